The number of hydrogen-bond donors (Lipinski definition) is 1. The molecule has 2 aromatic rings. The van der Waals surface area contributed by atoms with Gasteiger partial charge in [-0.25, -0.2) is 9.67 Å². The largest absolute Gasteiger partial charge is 0.490 e. The van der Waals surface area contributed by atoms with Crippen LogP contribution in [0, 0.1) is 17.3 Å². The van der Waals surface area contributed by atoms with Crippen molar-refractivity contribution in [2.45, 2.75) is 57.6 Å². The van der Waals surface area contributed by atoms with Gasteiger partial charge in [0, 0.05) is 11.8 Å². The van der Waals surface area contributed by atoms with Crippen LogP contribution in [0.2, 0.25) is 5.28 Å². The highest BCUT2D eigenvalue weighted by Crippen LogP contribution is 2.64. The van der Waals surface area contributed by atoms with Gasteiger partial charge in [-0.15, -0.1) is 5.10 Å². The number of rotatable bonds is 7. The number of nitrogens with one attached hydrogen (secondary N) is 1. The molecule has 2 atom stereocenters. The van der Waals surface area contributed by atoms with E-state index in [1.807, 2.05) is 4.68 Å². The first-order valence-corrected chi connectivity index (χ1v) is 11.3. The van der Waals surface area contributed by atoms with Crippen LogP contribution < -0.4 is 14.8 Å². The number of carbonyl (C=O) groups is 1. The van der Waals surface area contributed by atoms with Gasteiger partial charge >= 0.3 is 6.61 Å². The minimum atomic E-state index is -2.96. The Kier molecular flexibility index (Phi) is 5.27. The first-order valence-electron chi connectivity index (χ1n) is 10.9. The van der Waals surface area contributed by atoms with Gasteiger partial charge in [-0.3, -0.25) is 4.79 Å². The normalized spacial score (nSPS) is 30.5. The summed E-state index contributed by atoms with van der Waals surface area (Å²) in [4.78, 5) is 17.7. The van der Waals surface area contributed by atoms with Gasteiger partial charge in [-0.1, -0.05) is 0 Å². The number of anilines is 1. The summed E-state index contributed by atoms with van der Waals surface area (Å²) in [6.07, 6.45) is 7.13. The molecule has 4 fully saturated rings. The summed E-state index contributed by atoms with van der Waals surface area (Å²) in [5.41, 5.74) is -0.256. The zero-order valence-corrected chi connectivity index (χ0v) is 18.4. The second-order valence-electron chi connectivity index (χ2n) is 9.35. The number of carbonyl (C=O) groups excluding carboxylic acids is 1. The molecule has 1 aromatic carbocycles. The van der Waals surface area contributed by atoms with Crippen LogP contribution in [0.3, 0.4) is 0 Å². The minimum absolute atomic E-state index is 0.0489. The molecular formula is C22H25ClF2N4O3. The topological polar surface area (TPSA) is 78.3 Å². The summed E-state index contributed by atoms with van der Waals surface area (Å²) >= 11 is 6.00. The summed E-state index contributed by atoms with van der Waals surface area (Å²) in [7, 11) is 0. The van der Waals surface area contributed by atoms with Gasteiger partial charge in [-0.05, 0) is 81.0 Å². The van der Waals surface area contributed by atoms with Crippen molar-refractivity contribution in [3.05, 3.63) is 29.8 Å². The van der Waals surface area contributed by atoms with Crippen LogP contribution >= 0.6 is 11.6 Å². The third-order valence-electron chi connectivity index (χ3n) is 7.18. The molecule has 1 heterocycles. The number of halogens is 3. The molecule has 6 rings (SSSR count). The average molecular weight is 467 g/mol. The summed E-state index contributed by atoms with van der Waals surface area (Å²) in [5, 5.41) is 7.62. The molecule has 1 amide bonds. The van der Waals surface area contributed by atoms with E-state index < -0.39 is 12.0 Å². The Morgan fingerprint density at radius 2 is 2.03 bits per heavy atom. The van der Waals surface area contributed by atoms with Crippen LogP contribution in [0.5, 0.6) is 11.5 Å². The van der Waals surface area contributed by atoms with Crippen LogP contribution in [0.25, 0.3) is 0 Å². The number of ether oxygens (including phenoxy) is 2. The van der Waals surface area contributed by atoms with Crippen LogP contribution in [0.1, 0.15) is 45.4 Å². The highest BCUT2D eigenvalue weighted by Gasteiger charge is 2.61. The fraction of sp³-hybridized carbons (Fsp3) is 0.591. The molecule has 1 N–H and O–H groups in total. The van der Waals surface area contributed by atoms with E-state index in [2.05, 4.69) is 20.1 Å². The second kappa shape index (κ2) is 7.86. The van der Waals surface area contributed by atoms with E-state index >= 15 is 0 Å². The van der Waals surface area contributed by atoms with E-state index in [9.17, 15) is 13.6 Å². The quantitative estimate of drug-likeness (QED) is 0.630. The zero-order chi connectivity index (χ0) is 22.5. The van der Waals surface area contributed by atoms with E-state index in [1.54, 1.807) is 19.3 Å². The maximum absolute atomic E-state index is 13.6. The van der Waals surface area contributed by atoms with E-state index in [0.717, 1.165) is 32.1 Å². The van der Waals surface area contributed by atoms with E-state index in [4.69, 9.17) is 16.3 Å². The highest BCUT2D eigenvalue weighted by atomic mass is 35.5. The van der Waals surface area contributed by atoms with Crippen molar-refractivity contribution in [1.82, 2.24) is 14.8 Å². The molecular weight excluding hydrogens is 442 g/mol. The predicted octanol–water partition coefficient (Wildman–Crippen LogP) is 4.87. The monoisotopic (exact) mass is 466 g/mol. The number of nitrogens with zero attached hydrogens (tertiary/aromatic N) is 3. The lowest BCUT2D eigenvalue weighted by Gasteiger charge is -2.60. The van der Waals surface area contributed by atoms with Crippen molar-refractivity contribution >= 4 is 23.2 Å². The highest BCUT2D eigenvalue weighted by molar-refractivity contribution is 6.28. The van der Waals surface area contributed by atoms with Crippen LogP contribution in [-0.2, 0) is 10.3 Å². The Hall–Kier alpha value is -2.42. The Morgan fingerprint density at radius 3 is 2.66 bits per heavy atom. The van der Waals surface area contributed by atoms with E-state index in [1.165, 1.54) is 12.1 Å². The molecule has 0 unspecified atom stereocenters. The molecule has 4 aliphatic carbocycles. The summed E-state index contributed by atoms with van der Waals surface area (Å²) in [5.74, 6) is 0.963. The molecule has 32 heavy (non-hydrogen) atoms. The van der Waals surface area contributed by atoms with Crippen molar-refractivity contribution in [2.75, 3.05) is 11.9 Å². The van der Waals surface area contributed by atoms with Gasteiger partial charge in [0.15, 0.2) is 11.5 Å². The minimum Gasteiger partial charge on any atom is -0.490 e. The average Bonchev–Trinajstić information content (AvgIpc) is 3.16. The predicted molar refractivity (Wildman–Crippen MR) is 113 cm³/mol. The van der Waals surface area contributed by atoms with Crippen molar-refractivity contribution in [3.8, 4) is 11.5 Å². The van der Waals surface area contributed by atoms with E-state index in [0.29, 0.717) is 23.9 Å². The van der Waals surface area contributed by atoms with Gasteiger partial charge in [0.1, 0.15) is 6.33 Å². The smallest absolute Gasteiger partial charge is 0.387 e. The molecule has 4 saturated carbocycles. The first-order chi connectivity index (χ1) is 15.3. The lowest BCUT2D eigenvalue weighted by molar-refractivity contribution is -0.150. The first kappa shape index (κ1) is 21.4. The molecule has 1 aromatic heterocycles. The van der Waals surface area contributed by atoms with Crippen molar-refractivity contribution < 1.29 is 23.0 Å². The zero-order valence-electron chi connectivity index (χ0n) is 17.7. The molecule has 10 heteroatoms. The maximum atomic E-state index is 13.6. The molecule has 0 radical (unpaired) electrons. The molecule has 7 nitrogen and oxygen atoms in total. The fourth-order valence-corrected chi connectivity index (χ4v) is 6.66. The number of alkyl halides is 2. The molecule has 4 bridgehead atoms. The Morgan fingerprint density at radius 1 is 1.28 bits per heavy atom. The van der Waals surface area contributed by atoms with Gasteiger partial charge in [0.2, 0.25) is 11.2 Å². The summed E-state index contributed by atoms with van der Waals surface area (Å²) < 4.78 is 37.2. The van der Waals surface area contributed by atoms with Crippen LogP contribution in [0.4, 0.5) is 14.5 Å². The van der Waals surface area contributed by atoms with Crippen molar-refractivity contribution in [1.29, 1.82) is 0 Å². The van der Waals surface area contributed by atoms with Crippen molar-refractivity contribution in [2.24, 2.45) is 17.3 Å². The Bertz CT molecular complexity index is 1020. The third kappa shape index (κ3) is 3.70. The number of hydrogen-bond acceptors (Lipinski definition) is 5. The SMILES string of the molecule is CCOc1cc(NC(=O)C23C[C@@H]4C[C@@H](C2)CC(n2cnc(Cl)n2)(C4)C3)ccc1OC(F)F. The Balaban J connectivity index is 1.40. The van der Waals surface area contributed by atoms with Gasteiger partial charge in [0.25, 0.3) is 0 Å². The van der Waals surface area contributed by atoms with Gasteiger partial charge < -0.3 is 14.8 Å². The number of benzene rings is 1. The van der Waals surface area contributed by atoms with Gasteiger partial charge in [-0.2, -0.15) is 8.78 Å². The number of amides is 1. The maximum Gasteiger partial charge on any atom is 0.387 e. The molecule has 0 spiro atoms. The molecule has 0 aliphatic heterocycles. The van der Waals surface area contributed by atoms with E-state index in [-0.39, 0.29) is 34.8 Å². The standard InChI is InChI=1S/C22H25ClF2N4O3/c1-2-31-17-6-15(3-4-16(17)32-20(24)25)27-18(30)21-7-13-5-14(8-21)10-22(9-13,11-21)29-12-26-19(23)28-29/h3-4,6,12-14,20H,2,5,7-11H2,1H3,(H,27,30)/t13-,14-,21?,22?/m0/s1. The van der Waals surface area contributed by atoms with Gasteiger partial charge in [0.05, 0.1) is 17.6 Å². The van der Waals surface area contributed by atoms with Crippen LogP contribution in [0.15, 0.2) is 24.5 Å². The second-order valence-corrected chi connectivity index (χ2v) is 9.69. The fourth-order valence-electron chi connectivity index (χ4n) is 6.53. The van der Waals surface area contributed by atoms with Crippen LogP contribution in [-0.4, -0.2) is 33.9 Å². The summed E-state index contributed by atoms with van der Waals surface area (Å²) in [6, 6.07) is 4.49. The molecule has 172 valence electrons. The summed E-state index contributed by atoms with van der Waals surface area (Å²) in [6.45, 7) is -0.918. The number of aromatic nitrogens is 3. The van der Waals surface area contributed by atoms with Crippen molar-refractivity contribution in [3.63, 3.8) is 0 Å². The lowest BCUT2D eigenvalue weighted by atomic mass is 9.46. The third-order valence-corrected chi connectivity index (χ3v) is 7.35. The molecule has 0 saturated heterocycles. The molecule has 4 aliphatic rings. The Labute approximate surface area is 189 Å². The lowest BCUT2D eigenvalue weighted by Crippen LogP contribution is -2.60.